The Balaban J connectivity index is 1.72. The molecule has 0 N–H and O–H groups in total. The van der Waals surface area contributed by atoms with E-state index in [1.165, 1.54) is 12.5 Å². The lowest BCUT2D eigenvalue weighted by atomic mass is 9.92. The molecule has 0 spiro atoms. The average Bonchev–Trinajstić information content (AvgIpc) is 3.16. The van der Waals surface area contributed by atoms with Gasteiger partial charge in [0.15, 0.2) is 5.65 Å². The number of nitrogens with zero attached hydrogens (tertiary/aromatic N) is 5. The Morgan fingerprint density at radius 1 is 0.968 bits per heavy atom. The fraction of sp³-hybridized carbons (Fsp3) is 0.348. The van der Waals surface area contributed by atoms with Gasteiger partial charge in [-0.25, -0.2) is 4.98 Å². The van der Waals surface area contributed by atoms with Crippen LogP contribution in [0.2, 0.25) is 0 Å². The van der Waals surface area contributed by atoms with E-state index in [2.05, 4.69) is 29.1 Å². The Morgan fingerprint density at radius 2 is 1.71 bits per heavy atom. The van der Waals surface area contributed by atoms with Crippen molar-refractivity contribution >= 4 is 22.4 Å². The summed E-state index contributed by atoms with van der Waals surface area (Å²) in [6.45, 7) is 6.24. The molecule has 5 nitrogen and oxygen atoms in total. The van der Waals surface area contributed by atoms with E-state index < -0.39 is 11.7 Å². The lowest BCUT2D eigenvalue weighted by Gasteiger charge is -2.36. The van der Waals surface area contributed by atoms with Gasteiger partial charge in [0.2, 0.25) is 0 Å². The van der Waals surface area contributed by atoms with Crippen LogP contribution in [-0.2, 0) is 6.18 Å². The van der Waals surface area contributed by atoms with Crippen molar-refractivity contribution in [1.29, 1.82) is 0 Å². The molecule has 2 aromatic carbocycles. The van der Waals surface area contributed by atoms with Crippen LogP contribution in [0.1, 0.15) is 25.8 Å². The summed E-state index contributed by atoms with van der Waals surface area (Å²) in [6.07, 6.45) is -3.26. The van der Waals surface area contributed by atoms with Crippen molar-refractivity contribution in [3.63, 3.8) is 0 Å². The third-order valence-corrected chi connectivity index (χ3v) is 5.86. The van der Waals surface area contributed by atoms with Crippen LogP contribution in [-0.4, -0.2) is 32.9 Å². The van der Waals surface area contributed by atoms with Gasteiger partial charge in [-0.15, -0.1) is 5.10 Å². The molecule has 1 saturated heterocycles. The van der Waals surface area contributed by atoms with E-state index in [-0.39, 0.29) is 0 Å². The molecule has 5 rings (SSSR count). The molecule has 1 fully saturated rings. The third-order valence-electron chi connectivity index (χ3n) is 5.86. The van der Waals surface area contributed by atoms with E-state index in [1.54, 1.807) is 10.6 Å². The molecule has 8 heteroatoms. The summed E-state index contributed by atoms with van der Waals surface area (Å²) in [6, 6.07) is 13.0. The van der Waals surface area contributed by atoms with Gasteiger partial charge in [0.25, 0.3) is 0 Å². The number of hydrogen-bond acceptors (Lipinski definition) is 4. The Morgan fingerprint density at radius 3 is 2.45 bits per heavy atom. The smallest absolute Gasteiger partial charge is 0.355 e. The maximum Gasteiger partial charge on any atom is 0.416 e. The predicted molar refractivity (Wildman–Crippen MR) is 114 cm³/mol. The average molecular weight is 425 g/mol. The Kier molecular flexibility index (Phi) is 4.60. The van der Waals surface area contributed by atoms with Crippen LogP contribution < -0.4 is 4.90 Å². The second-order valence-corrected chi connectivity index (χ2v) is 8.56. The number of alkyl halides is 3. The van der Waals surface area contributed by atoms with Crippen LogP contribution in [0.5, 0.6) is 0 Å². The summed E-state index contributed by atoms with van der Waals surface area (Å²) in [7, 11) is 0. The molecule has 160 valence electrons. The molecular weight excluding hydrogens is 403 g/mol. The number of halogens is 3. The Labute approximate surface area is 177 Å². The highest BCUT2D eigenvalue weighted by atomic mass is 19.4. The van der Waals surface area contributed by atoms with E-state index in [0.29, 0.717) is 28.7 Å². The summed E-state index contributed by atoms with van der Waals surface area (Å²) >= 11 is 0. The van der Waals surface area contributed by atoms with Gasteiger partial charge >= 0.3 is 6.18 Å². The van der Waals surface area contributed by atoms with Gasteiger partial charge in [0.05, 0.1) is 11.1 Å². The lowest BCUT2D eigenvalue weighted by Crippen LogP contribution is -2.39. The molecule has 3 heterocycles. The van der Waals surface area contributed by atoms with Gasteiger partial charge in [0, 0.05) is 24.0 Å². The number of rotatable bonds is 2. The molecule has 4 aromatic rings. The predicted octanol–water partition coefficient (Wildman–Crippen LogP) is 5.45. The molecule has 2 aromatic heterocycles. The minimum absolute atomic E-state index is 0.344. The minimum atomic E-state index is -4.43. The van der Waals surface area contributed by atoms with Crippen LogP contribution in [0.3, 0.4) is 0 Å². The van der Waals surface area contributed by atoms with Crippen LogP contribution in [0.15, 0.2) is 48.5 Å². The van der Waals surface area contributed by atoms with E-state index in [0.717, 1.165) is 41.9 Å². The molecule has 0 amide bonds. The zero-order valence-electron chi connectivity index (χ0n) is 17.3. The van der Waals surface area contributed by atoms with Gasteiger partial charge in [-0.05, 0) is 42.5 Å². The number of aromatic nitrogens is 4. The summed E-state index contributed by atoms with van der Waals surface area (Å²) in [5.41, 5.74) is 1.26. The zero-order chi connectivity index (χ0) is 21.8. The molecule has 31 heavy (non-hydrogen) atoms. The van der Waals surface area contributed by atoms with Crippen LogP contribution >= 0.6 is 0 Å². The molecule has 0 aliphatic carbocycles. The normalized spacial score (nSPS) is 20.0. The first-order valence-electron chi connectivity index (χ1n) is 10.4. The number of para-hydroxylation sites is 1. The van der Waals surface area contributed by atoms with Gasteiger partial charge in [-0.2, -0.15) is 17.7 Å². The number of benzene rings is 2. The molecule has 2 unspecified atom stereocenters. The van der Waals surface area contributed by atoms with Gasteiger partial charge in [-0.3, -0.25) is 0 Å². The number of hydrogen-bond donors (Lipinski definition) is 0. The van der Waals surface area contributed by atoms with Crippen LogP contribution in [0.4, 0.5) is 19.0 Å². The molecule has 1 aliphatic heterocycles. The number of fused-ring (bicyclic) bond motifs is 3. The van der Waals surface area contributed by atoms with Gasteiger partial charge in [-0.1, -0.05) is 43.3 Å². The number of anilines is 1. The van der Waals surface area contributed by atoms with E-state index in [4.69, 9.17) is 4.98 Å². The summed E-state index contributed by atoms with van der Waals surface area (Å²) < 4.78 is 41.4. The molecule has 0 saturated carbocycles. The second-order valence-electron chi connectivity index (χ2n) is 8.56. The topological polar surface area (TPSA) is 46.3 Å². The third kappa shape index (κ3) is 3.49. The van der Waals surface area contributed by atoms with Crippen molar-refractivity contribution in [1.82, 2.24) is 19.8 Å². The largest absolute Gasteiger partial charge is 0.416 e. The maximum atomic E-state index is 13.2. The first kappa shape index (κ1) is 19.8. The molecule has 0 radical (unpaired) electrons. The standard InChI is InChI=1S/C23H22F3N5/c1-14-10-15(2)13-30(12-14)21-18-8-3-4-9-19(18)31-22(27-21)20(28-29-31)16-6-5-7-17(11-16)23(24,25)26/h3-9,11,14-15H,10,12-13H2,1-2H3. The highest BCUT2D eigenvalue weighted by Gasteiger charge is 2.31. The first-order valence-corrected chi connectivity index (χ1v) is 10.4. The quantitative estimate of drug-likeness (QED) is 0.429. The number of piperidine rings is 1. The van der Waals surface area contributed by atoms with Crippen LogP contribution in [0, 0.1) is 11.8 Å². The second kappa shape index (κ2) is 7.21. The fourth-order valence-corrected chi connectivity index (χ4v) is 4.65. The highest BCUT2D eigenvalue weighted by molar-refractivity contribution is 5.93. The zero-order valence-corrected chi connectivity index (χ0v) is 17.3. The molecule has 0 bridgehead atoms. The van der Waals surface area contributed by atoms with E-state index in [1.807, 2.05) is 24.3 Å². The molecule has 1 aliphatic rings. The van der Waals surface area contributed by atoms with Crippen molar-refractivity contribution in [2.24, 2.45) is 11.8 Å². The van der Waals surface area contributed by atoms with Crippen molar-refractivity contribution in [3.8, 4) is 11.3 Å². The Bertz CT molecular complexity index is 1250. The maximum absolute atomic E-state index is 13.2. The monoisotopic (exact) mass is 425 g/mol. The van der Waals surface area contributed by atoms with Crippen LogP contribution in [0.25, 0.3) is 27.8 Å². The van der Waals surface area contributed by atoms with Gasteiger partial charge in [0.1, 0.15) is 11.5 Å². The van der Waals surface area contributed by atoms with Crippen molar-refractivity contribution in [2.75, 3.05) is 18.0 Å². The van der Waals surface area contributed by atoms with Crippen molar-refractivity contribution < 1.29 is 13.2 Å². The summed E-state index contributed by atoms with van der Waals surface area (Å²) in [4.78, 5) is 7.19. The molecular formula is C23H22F3N5. The molecule has 2 atom stereocenters. The minimum Gasteiger partial charge on any atom is -0.355 e. The van der Waals surface area contributed by atoms with Crippen molar-refractivity contribution in [2.45, 2.75) is 26.4 Å². The highest BCUT2D eigenvalue weighted by Crippen LogP contribution is 2.35. The SMILES string of the molecule is CC1CC(C)CN(c2nc3c(-c4cccc(C(F)(F)F)c4)nnn3c3ccccc23)C1. The van der Waals surface area contributed by atoms with E-state index in [9.17, 15) is 13.2 Å². The summed E-state index contributed by atoms with van der Waals surface area (Å²) in [5, 5.41) is 9.41. The summed E-state index contributed by atoms with van der Waals surface area (Å²) in [5.74, 6) is 1.90. The first-order chi connectivity index (χ1) is 14.8. The fourth-order valence-electron chi connectivity index (χ4n) is 4.65. The Hall–Kier alpha value is -3.16. The lowest BCUT2D eigenvalue weighted by molar-refractivity contribution is -0.137. The van der Waals surface area contributed by atoms with E-state index >= 15 is 0 Å². The van der Waals surface area contributed by atoms with Crippen molar-refractivity contribution in [3.05, 3.63) is 54.1 Å². The van der Waals surface area contributed by atoms with Gasteiger partial charge < -0.3 is 4.90 Å².